The van der Waals surface area contributed by atoms with Gasteiger partial charge in [-0.3, -0.25) is 4.79 Å². The van der Waals surface area contributed by atoms with Crippen molar-refractivity contribution in [3.05, 3.63) is 35.6 Å². The standard InChI is InChI=1S/C16H23FN2O2/c1-3-19(12(2)13-4-6-14(17)7-5-13)16(20)10-15-11-18-8-9-21-15/h4-7,12,15,18H,3,8-11H2,1-2H3. The van der Waals surface area contributed by atoms with Gasteiger partial charge in [0.25, 0.3) is 0 Å². The van der Waals surface area contributed by atoms with Crippen LogP contribution in [0.3, 0.4) is 0 Å². The van der Waals surface area contributed by atoms with Gasteiger partial charge in [-0.15, -0.1) is 0 Å². The summed E-state index contributed by atoms with van der Waals surface area (Å²) in [6, 6.07) is 6.25. The molecule has 5 heteroatoms. The van der Waals surface area contributed by atoms with Crippen molar-refractivity contribution in [1.82, 2.24) is 10.2 Å². The molecule has 0 saturated carbocycles. The summed E-state index contributed by atoms with van der Waals surface area (Å²) in [7, 11) is 0. The van der Waals surface area contributed by atoms with Crippen LogP contribution < -0.4 is 5.32 Å². The molecule has 1 aliphatic heterocycles. The van der Waals surface area contributed by atoms with Crippen LogP contribution in [0.2, 0.25) is 0 Å². The summed E-state index contributed by atoms with van der Waals surface area (Å²) in [5, 5.41) is 3.23. The van der Waals surface area contributed by atoms with Gasteiger partial charge in [0.05, 0.1) is 25.2 Å². The summed E-state index contributed by atoms with van der Waals surface area (Å²) in [4.78, 5) is 14.3. The van der Waals surface area contributed by atoms with E-state index in [2.05, 4.69) is 5.32 Å². The van der Waals surface area contributed by atoms with Crippen molar-refractivity contribution >= 4 is 5.91 Å². The number of carbonyl (C=O) groups excluding carboxylic acids is 1. The van der Waals surface area contributed by atoms with Crippen molar-refractivity contribution in [1.29, 1.82) is 0 Å². The van der Waals surface area contributed by atoms with Crippen LogP contribution in [0.1, 0.15) is 31.9 Å². The Morgan fingerprint density at radius 1 is 1.48 bits per heavy atom. The molecule has 0 spiro atoms. The number of morpholine rings is 1. The maximum atomic E-state index is 13.0. The van der Waals surface area contributed by atoms with E-state index in [0.29, 0.717) is 26.1 Å². The number of amides is 1. The number of hydrogen-bond acceptors (Lipinski definition) is 3. The topological polar surface area (TPSA) is 41.6 Å². The lowest BCUT2D eigenvalue weighted by atomic mass is 10.1. The lowest BCUT2D eigenvalue weighted by Crippen LogP contribution is -2.43. The number of carbonyl (C=O) groups is 1. The molecule has 116 valence electrons. The van der Waals surface area contributed by atoms with E-state index < -0.39 is 0 Å². The average Bonchev–Trinajstić information content (AvgIpc) is 2.49. The molecule has 0 radical (unpaired) electrons. The molecule has 0 bridgehead atoms. The zero-order chi connectivity index (χ0) is 15.2. The van der Waals surface area contributed by atoms with Crippen molar-refractivity contribution in [2.75, 3.05) is 26.2 Å². The van der Waals surface area contributed by atoms with E-state index >= 15 is 0 Å². The Morgan fingerprint density at radius 3 is 2.76 bits per heavy atom. The Labute approximate surface area is 125 Å². The van der Waals surface area contributed by atoms with Crippen molar-refractivity contribution in [3.8, 4) is 0 Å². The summed E-state index contributed by atoms with van der Waals surface area (Å²) in [6.45, 7) is 6.75. The van der Waals surface area contributed by atoms with E-state index in [9.17, 15) is 9.18 Å². The van der Waals surface area contributed by atoms with E-state index in [1.165, 1.54) is 12.1 Å². The fourth-order valence-electron chi connectivity index (χ4n) is 2.65. The summed E-state index contributed by atoms with van der Waals surface area (Å²) in [6.07, 6.45) is 0.326. The molecule has 0 aliphatic carbocycles. The lowest BCUT2D eigenvalue weighted by Gasteiger charge is -2.31. The summed E-state index contributed by atoms with van der Waals surface area (Å²) in [5.41, 5.74) is 0.939. The fraction of sp³-hybridized carbons (Fsp3) is 0.562. The molecule has 1 aliphatic rings. The maximum absolute atomic E-state index is 13.0. The predicted molar refractivity (Wildman–Crippen MR) is 79.4 cm³/mol. The highest BCUT2D eigenvalue weighted by molar-refractivity contribution is 5.77. The normalized spacial score (nSPS) is 20.0. The summed E-state index contributed by atoms with van der Waals surface area (Å²) >= 11 is 0. The van der Waals surface area contributed by atoms with Crippen molar-refractivity contribution < 1.29 is 13.9 Å². The third kappa shape index (κ3) is 4.25. The van der Waals surface area contributed by atoms with Crippen LogP contribution in [0.25, 0.3) is 0 Å². The lowest BCUT2D eigenvalue weighted by molar-refractivity contribution is -0.136. The number of rotatable bonds is 5. The highest BCUT2D eigenvalue weighted by Gasteiger charge is 2.24. The number of hydrogen-bond donors (Lipinski definition) is 1. The van der Waals surface area contributed by atoms with Gasteiger partial charge in [0.2, 0.25) is 5.91 Å². The fourth-order valence-corrected chi connectivity index (χ4v) is 2.65. The maximum Gasteiger partial charge on any atom is 0.225 e. The predicted octanol–water partition coefficient (Wildman–Crippen LogP) is 2.11. The Bertz CT molecular complexity index is 458. The SMILES string of the molecule is CCN(C(=O)CC1CNCCO1)C(C)c1ccc(F)cc1. The van der Waals surface area contributed by atoms with Gasteiger partial charge < -0.3 is 15.0 Å². The second kappa shape index (κ2) is 7.52. The third-order valence-electron chi connectivity index (χ3n) is 3.89. The molecular weight excluding hydrogens is 271 g/mol. The molecule has 1 heterocycles. The smallest absolute Gasteiger partial charge is 0.225 e. The number of nitrogens with zero attached hydrogens (tertiary/aromatic N) is 1. The minimum absolute atomic E-state index is 0.0549. The van der Waals surface area contributed by atoms with Crippen LogP contribution in [0.4, 0.5) is 4.39 Å². The van der Waals surface area contributed by atoms with Gasteiger partial charge in [-0.1, -0.05) is 12.1 Å². The van der Waals surface area contributed by atoms with Gasteiger partial charge in [0.15, 0.2) is 0 Å². The molecule has 1 aromatic rings. The van der Waals surface area contributed by atoms with E-state index in [0.717, 1.165) is 12.1 Å². The Hall–Kier alpha value is -1.46. The van der Waals surface area contributed by atoms with Crippen LogP contribution in [-0.2, 0) is 9.53 Å². The number of ether oxygens (including phenoxy) is 1. The zero-order valence-corrected chi connectivity index (χ0v) is 12.6. The Balaban J connectivity index is 1.99. The van der Waals surface area contributed by atoms with Gasteiger partial charge in [-0.25, -0.2) is 4.39 Å². The third-order valence-corrected chi connectivity index (χ3v) is 3.89. The second-order valence-electron chi connectivity index (χ2n) is 5.31. The molecule has 2 atom stereocenters. The first-order valence-electron chi connectivity index (χ1n) is 7.49. The van der Waals surface area contributed by atoms with E-state index in [-0.39, 0.29) is 23.9 Å². The van der Waals surface area contributed by atoms with E-state index in [1.807, 2.05) is 18.7 Å². The monoisotopic (exact) mass is 294 g/mol. The first-order valence-corrected chi connectivity index (χ1v) is 7.49. The van der Waals surface area contributed by atoms with Gasteiger partial charge in [0, 0.05) is 19.6 Å². The Morgan fingerprint density at radius 2 is 2.19 bits per heavy atom. The number of halogens is 1. The summed E-state index contributed by atoms with van der Waals surface area (Å²) < 4.78 is 18.6. The van der Waals surface area contributed by atoms with Crippen LogP contribution in [0.5, 0.6) is 0 Å². The van der Waals surface area contributed by atoms with Crippen molar-refractivity contribution in [3.63, 3.8) is 0 Å². The molecule has 21 heavy (non-hydrogen) atoms. The molecule has 4 nitrogen and oxygen atoms in total. The van der Waals surface area contributed by atoms with E-state index in [4.69, 9.17) is 4.74 Å². The van der Waals surface area contributed by atoms with Gasteiger partial charge >= 0.3 is 0 Å². The quantitative estimate of drug-likeness (QED) is 0.904. The molecule has 2 unspecified atom stereocenters. The molecule has 1 fully saturated rings. The number of nitrogens with one attached hydrogen (secondary N) is 1. The van der Waals surface area contributed by atoms with Crippen LogP contribution in [0, 0.1) is 5.82 Å². The van der Waals surface area contributed by atoms with Gasteiger partial charge in [0.1, 0.15) is 5.82 Å². The van der Waals surface area contributed by atoms with Gasteiger partial charge in [-0.2, -0.15) is 0 Å². The molecule has 0 aromatic heterocycles. The second-order valence-corrected chi connectivity index (χ2v) is 5.31. The van der Waals surface area contributed by atoms with Crippen LogP contribution in [0.15, 0.2) is 24.3 Å². The van der Waals surface area contributed by atoms with Crippen molar-refractivity contribution in [2.24, 2.45) is 0 Å². The summed E-state index contributed by atoms with van der Waals surface area (Å²) in [5.74, 6) is -0.190. The first-order chi connectivity index (χ1) is 10.1. The van der Waals surface area contributed by atoms with Crippen LogP contribution in [-0.4, -0.2) is 43.2 Å². The largest absolute Gasteiger partial charge is 0.375 e. The van der Waals surface area contributed by atoms with Crippen molar-refractivity contribution in [2.45, 2.75) is 32.4 Å². The minimum Gasteiger partial charge on any atom is -0.375 e. The highest BCUT2D eigenvalue weighted by atomic mass is 19.1. The molecule has 1 N–H and O–H groups in total. The van der Waals surface area contributed by atoms with Crippen LogP contribution >= 0.6 is 0 Å². The molecule has 1 amide bonds. The average molecular weight is 294 g/mol. The minimum atomic E-state index is -0.262. The number of benzene rings is 1. The molecular formula is C16H23FN2O2. The molecule has 1 saturated heterocycles. The Kier molecular flexibility index (Phi) is 5.70. The zero-order valence-electron chi connectivity index (χ0n) is 12.6. The van der Waals surface area contributed by atoms with E-state index in [1.54, 1.807) is 12.1 Å². The molecule has 2 rings (SSSR count). The molecule has 1 aromatic carbocycles. The van der Waals surface area contributed by atoms with Gasteiger partial charge in [-0.05, 0) is 31.5 Å². The highest BCUT2D eigenvalue weighted by Crippen LogP contribution is 2.21. The first kappa shape index (κ1) is 15.9.